The lowest BCUT2D eigenvalue weighted by Gasteiger charge is -2.34. The van der Waals surface area contributed by atoms with Gasteiger partial charge in [-0.05, 0) is 68.3 Å². The van der Waals surface area contributed by atoms with Gasteiger partial charge in [-0.2, -0.15) is 0 Å². The molecule has 1 heterocycles. The molecule has 2 fully saturated rings. The Bertz CT molecular complexity index is 687. The summed E-state index contributed by atoms with van der Waals surface area (Å²) in [6.07, 6.45) is 13.3. The third-order valence-electron chi connectivity index (χ3n) is 7.26. The summed E-state index contributed by atoms with van der Waals surface area (Å²) in [6, 6.07) is 6.96. The topological polar surface area (TPSA) is 32.8 Å². The fourth-order valence-corrected chi connectivity index (χ4v) is 5.77. The molecule has 1 aliphatic heterocycles. The van der Waals surface area contributed by atoms with Crippen LogP contribution in [0.2, 0.25) is 0 Å². The fourth-order valence-electron chi connectivity index (χ4n) is 5.77. The van der Waals surface area contributed by atoms with E-state index < -0.39 is 0 Å². The minimum atomic E-state index is -0.286. The van der Waals surface area contributed by atoms with E-state index in [4.69, 9.17) is 4.74 Å². The zero-order chi connectivity index (χ0) is 19.5. The minimum Gasteiger partial charge on any atom is -0.410 e. The van der Waals surface area contributed by atoms with E-state index in [1.54, 1.807) is 14.1 Å². The summed E-state index contributed by atoms with van der Waals surface area (Å²) in [5.74, 6) is 2.37. The molecule has 0 aromatic heterocycles. The van der Waals surface area contributed by atoms with Crippen molar-refractivity contribution in [3.8, 4) is 5.75 Å². The highest BCUT2D eigenvalue weighted by Crippen LogP contribution is 2.44. The van der Waals surface area contributed by atoms with E-state index in [1.807, 2.05) is 6.07 Å². The van der Waals surface area contributed by atoms with Crippen molar-refractivity contribution in [2.24, 2.45) is 5.92 Å². The van der Waals surface area contributed by atoms with Crippen LogP contribution < -0.4 is 4.74 Å². The maximum atomic E-state index is 12.0. The molecule has 4 rings (SSSR count). The first-order chi connectivity index (χ1) is 13.6. The van der Waals surface area contributed by atoms with Crippen molar-refractivity contribution in [2.45, 2.75) is 76.2 Å². The van der Waals surface area contributed by atoms with E-state index >= 15 is 0 Å². The van der Waals surface area contributed by atoms with E-state index in [9.17, 15) is 4.79 Å². The molecule has 162 valence electrons. The molecule has 1 aromatic rings. The zero-order valence-corrected chi connectivity index (χ0v) is 18.9. The van der Waals surface area contributed by atoms with Crippen LogP contribution >= 0.6 is 12.4 Å². The second-order valence-electron chi connectivity index (χ2n) is 9.27. The standard InChI is InChI=1S/C24H36N2O2.ClH/c1-25(2)24(27)28-23-12-6-11-19-20-15-17-26(22(20)14-13-21(19)23)16-7-10-18-8-4-3-5-9-18;/h6,11-12,18,20,22H,3-5,7-10,13-17H2,1-2H3;1H/t20-,22+;/m0./s1. The van der Waals surface area contributed by atoms with Gasteiger partial charge in [-0.25, -0.2) is 4.79 Å². The molecule has 1 amide bonds. The highest BCUT2D eigenvalue weighted by atomic mass is 35.5. The van der Waals surface area contributed by atoms with Crippen LogP contribution in [0.15, 0.2) is 18.2 Å². The molecule has 2 atom stereocenters. The molecule has 4 nitrogen and oxygen atoms in total. The summed E-state index contributed by atoms with van der Waals surface area (Å²) >= 11 is 0. The average molecular weight is 421 g/mol. The number of fused-ring (bicyclic) bond motifs is 3. The van der Waals surface area contributed by atoms with Gasteiger partial charge < -0.3 is 9.64 Å². The van der Waals surface area contributed by atoms with Crippen LogP contribution in [0.25, 0.3) is 0 Å². The van der Waals surface area contributed by atoms with Gasteiger partial charge >= 0.3 is 6.09 Å². The normalized spacial score (nSPS) is 24.3. The Kier molecular flexibility index (Phi) is 7.86. The molecule has 0 N–H and O–H groups in total. The quantitative estimate of drug-likeness (QED) is 0.618. The zero-order valence-electron chi connectivity index (χ0n) is 18.1. The van der Waals surface area contributed by atoms with Crippen LogP contribution in [0, 0.1) is 5.92 Å². The monoisotopic (exact) mass is 420 g/mol. The SMILES string of the molecule is CN(C)C(=O)Oc1cccc2c1CC[C@@H]1[C@H]2CCN1CCCC1CCCCC1.Cl. The Morgan fingerprint density at radius 1 is 1.14 bits per heavy atom. The van der Waals surface area contributed by atoms with E-state index in [1.165, 1.54) is 86.9 Å². The number of ether oxygens (including phenoxy) is 1. The lowest BCUT2D eigenvalue weighted by atomic mass is 9.79. The number of likely N-dealkylation sites (tertiary alicyclic amines) is 1. The third kappa shape index (κ3) is 5.08. The molecule has 29 heavy (non-hydrogen) atoms. The smallest absolute Gasteiger partial charge is 0.410 e. The van der Waals surface area contributed by atoms with E-state index in [-0.39, 0.29) is 18.5 Å². The Hall–Kier alpha value is -1.26. The molecular weight excluding hydrogens is 384 g/mol. The summed E-state index contributed by atoms with van der Waals surface area (Å²) in [7, 11) is 3.46. The van der Waals surface area contributed by atoms with Crippen molar-refractivity contribution in [2.75, 3.05) is 27.2 Å². The van der Waals surface area contributed by atoms with Crippen LogP contribution in [0.4, 0.5) is 4.79 Å². The van der Waals surface area contributed by atoms with Gasteiger partial charge in [0.2, 0.25) is 0 Å². The Balaban J connectivity index is 0.00000240. The van der Waals surface area contributed by atoms with Crippen molar-refractivity contribution >= 4 is 18.5 Å². The molecule has 2 aliphatic carbocycles. The second kappa shape index (κ2) is 10.2. The van der Waals surface area contributed by atoms with Crippen molar-refractivity contribution in [3.05, 3.63) is 29.3 Å². The molecule has 0 bridgehead atoms. The molecule has 1 saturated carbocycles. The number of carbonyl (C=O) groups is 1. The molecule has 1 aromatic carbocycles. The number of halogens is 1. The van der Waals surface area contributed by atoms with Gasteiger partial charge in [-0.15, -0.1) is 12.4 Å². The fraction of sp³-hybridized carbons (Fsp3) is 0.708. The number of hydrogen-bond donors (Lipinski definition) is 0. The van der Waals surface area contributed by atoms with Crippen molar-refractivity contribution in [1.29, 1.82) is 0 Å². The van der Waals surface area contributed by atoms with Crippen LogP contribution in [-0.4, -0.2) is 49.1 Å². The van der Waals surface area contributed by atoms with Gasteiger partial charge in [0.15, 0.2) is 0 Å². The van der Waals surface area contributed by atoms with E-state index in [0.717, 1.165) is 18.1 Å². The lowest BCUT2D eigenvalue weighted by Crippen LogP contribution is -2.36. The van der Waals surface area contributed by atoms with Gasteiger partial charge in [-0.1, -0.05) is 44.2 Å². The van der Waals surface area contributed by atoms with E-state index in [2.05, 4.69) is 17.0 Å². The van der Waals surface area contributed by atoms with Crippen LogP contribution in [0.3, 0.4) is 0 Å². The van der Waals surface area contributed by atoms with Crippen LogP contribution in [0.5, 0.6) is 5.75 Å². The maximum absolute atomic E-state index is 12.0. The van der Waals surface area contributed by atoms with Gasteiger partial charge in [0.05, 0.1) is 0 Å². The van der Waals surface area contributed by atoms with Gasteiger partial charge in [0.25, 0.3) is 0 Å². The van der Waals surface area contributed by atoms with Gasteiger partial charge in [0, 0.05) is 26.1 Å². The number of nitrogens with zero attached hydrogens (tertiary/aromatic N) is 2. The Morgan fingerprint density at radius 3 is 2.69 bits per heavy atom. The maximum Gasteiger partial charge on any atom is 0.414 e. The number of benzene rings is 1. The van der Waals surface area contributed by atoms with Crippen molar-refractivity contribution in [1.82, 2.24) is 9.80 Å². The first-order valence-corrected chi connectivity index (χ1v) is 11.4. The number of carbonyl (C=O) groups excluding carboxylic acids is 1. The summed E-state index contributed by atoms with van der Waals surface area (Å²) in [4.78, 5) is 16.3. The van der Waals surface area contributed by atoms with Crippen LogP contribution in [0.1, 0.15) is 74.8 Å². The summed E-state index contributed by atoms with van der Waals surface area (Å²) < 4.78 is 5.65. The van der Waals surface area contributed by atoms with Crippen molar-refractivity contribution < 1.29 is 9.53 Å². The van der Waals surface area contributed by atoms with Gasteiger partial charge in [-0.3, -0.25) is 4.90 Å². The second-order valence-corrected chi connectivity index (χ2v) is 9.27. The first-order valence-electron chi connectivity index (χ1n) is 11.4. The molecular formula is C24H37ClN2O2. The largest absolute Gasteiger partial charge is 0.414 e. The first kappa shape index (κ1) is 22.4. The highest BCUT2D eigenvalue weighted by molar-refractivity contribution is 5.85. The number of rotatable bonds is 5. The predicted octanol–water partition coefficient (Wildman–Crippen LogP) is 5.63. The number of amides is 1. The molecule has 5 heteroatoms. The molecule has 0 unspecified atom stereocenters. The molecule has 0 radical (unpaired) electrons. The van der Waals surface area contributed by atoms with Gasteiger partial charge in [0.1, 0.15) is 5.75 Å². The van der Waals surface area contributed by atoms with Crippen LogP contribution in [-0.2, 0) is 6.42 Å². The summed E-state index contributed by atoms with van der Waals surface area (Å²) in [6.45, 7) is 2.49. The Morgan fingerprint density at radius 2 is 1.93 bits per heavy atom. The summed E-state index contributed by atoms with van der Waals surface area (Å²) in [5, 5.41) is 0. The predicted molar refractivity (Wildman–Crippen MR) is 120 cm³/mol. The third-order valence-corrected chi connectivity index (χ3v) is 7.26. The van der Waals surface area contributed by atoms with E-state index in [0.29, 0.717) is 12.0 Å². The Labute approximate surface area is 182 Å². The molecule has 0 spiro atoms. The number of hydrogen-bond acceptors (Lipinski definition) is 3. The lowest BCUT2D eigenvalue weighted by molar-refractivity contribution is 0.170. The summed E-state index contributed by atoms with van der Waals surface area (Å²) in [5.41, 5.74) is 2.69. The highest BCUT2D eigenvalue weighted by Gasteiger charge is 2.39. The molecule has 3 aliphatic rings. The molecule has 1 saturated heterocycles. The average Bonchev–Trinajstić information content (AvgIpc) is 3.12. The minimum absolute atomic E-state index is 0. The van der Waals surface area contributed by atoms with Crippen molar-refractivity contribution in [3.63, 3.8) is 0 Å².